The molecule has 1 aliphatic heterocycles. The molecule has 1 saturated heterocycles. The molecule has 0 N–H and O–H groups in total. The fourth-order valence-electron chi connectivity index (χ4n) is 2.23. The minimum atomic E-state index is 0.719. The maximum Gasteiger partial charge on any atom is 0.0645 e. The van der Waals surface area contributed by atoms with E-state index >= 15 is 0 Å². The van der Waals surface area contributed by atoms with Gasteiger partial charge in [-0.25, -0.2) is 4.68 Å². The van der Waals surface area contributed by atoms with Gasteiger partial charge >= 0.3 is 0 Å². The summed E-state index contributed by atoms with van der Waals surface area (Å²) in [6.45, 7) is 2.36. The molecule has 3 nitrogen and oxygen atoms in total. The summed E-state index contributed by atoms with van der Waals surface area (Å²) < 4.78 is 1.89. The Hall–Kier alpha value is -1.61. The number of hydrogen-bond acceptors (Lipinski definition) is 2. The van der Waals surface area contributed by atoms with Gasteiger partial charge in [0.1, 0.15) is 0 Å². The first kappa shape index (κ1) is 9.60. The van der Waals surface area contributed by atoms with E-state index in [4.69, 9.17) is 0 Å². The number of benzene rings is 1. The lowest BCUT2D eigenvalue weighted by atomic mass is 9.92. The first-order valence-electron chi connectivity index (χ1n) is 5.61. The Kier molecular flexibility index (Phi) is 2.26. The van der Waals surface area contributed by atoms with E-state index in [-0.39, 0.29) is 0 Å². The van der Waals surface area contributed by atoms with Crippen LogP contribution in [0.15, 0.2) is 42.7 Å². The van der Waals surface area contributed by atoms with Crippen molar-refractivity contribution < 1.29 is 0 Å². The van der Waals surface area contributed by atoms with Gasteiger partial charge in [0.15, 0.2) is 0 Å². The highest BCUT2D eigenvalue weighted by Gasteiger charge is 2.24. The van der Waals surface area contributed by atoms with Crippen molar-refractivity contribution in [3.8, 4) is 5.69 Å². The molecule has 1 fully saturated rings. The first-order valence-corrected chi connectivity index (χ1v) is 5.61. The smallest absolute Gasteiger partial charge is 0.0645 e. The molecule has 0 unspecified atom stereocenters. The maximum absolute atomic E-state index is 4.22. The van der Waals surface area contributed by atoms with Crippen molar-refractivity contribution in [2.75, 3.05) is 20.1 Å². The molecule has 82 valence electrons. The van der Waals surface area contributed by atoms with Crippen LogP contribution in [-0.2, 0) is 0 Å². The van der Waals surface area contributed by atoms with E-state index in [1.807, 2.05) is 16.9 Å². The summed E-state index contributed by atoms with van der Waals surface area (Å²) in [6.07, 6.45) is 3.76. The molecule has 0 amide bonds. The van der Waals surface area contributed by atoms with Crippen molar-refractivity contribution in [2.24, 2.45) is 0 Å². The Morgan fingerprint density at radius 2 is 1.94 bits per heavy atom. The van der Waals surface area contributed by atoms with Crippen molar-refractivity contribution in [2.45, 2.75) is 5.92 Å². The van der Waals surface area contributed by atoms with Crippen LogP contribution >= 0.6 is 0 Å². The molecule has 1 aromatic heterocycles. The van der Waals surface area contributed by atoms with Gasteiger partial charge in [-0.15, -0.1) is 0 Å². The molecule has 1 aromatic carbocycles. The number of likely N-dealkylation sites (tertiary alicyclic amines) is 1. The molecule has 3 heteroatoms. The standard InChI is InChI=1S/C13H15N3/c1-15-9-12(10-15)11-3-5-13(6-4-11)16-8-2-7-14-16/h2-8,12H,9-10H2,1H3. The van der Waals surface area contributed by atoms with Gasteiger partial charge in [0, 0.05) is 31.4 Å². The zero-order valence-electron chi connectivity index (χ0n) is 9.37. The normalized spacial score (nSPS) is 17.3. The molecule has 0 spiro atoms. The van der Waals surface area contributed by atoms with E-state index in [9.17, 15) is 0 Å². The predicted molar refractivity (Wildman–Crippen MR) is 63.8 cm³/mol. The van der Waals surface area contributed by atoms with E-state index in [0.29, 0.717) is 0 Å². The van der Waals surface area contributed by atoms with Crippen LogP contribution in [-0.4, -0.2) is 34.8 Å². The third-order valence-electron chi connectivity index (χ3n) is 3.20. The Labute approximate surface area is 95.3 Å². The highest BCUT2D eigenvalue weighted by molar-refractivity contribution is 5.36. The molecular weight excluding hydrogens is 198 g/mol. The largest absolute Gasteiger partial charge is 0.305 e. The van der Waals surface area contributed by atoms with Gasteiger partial charge in [-0.1, -0.05) is 12.1 Å². The van der Waals surface area contributed by atoms with Gasteiger partial charge in [-0.05, 0) is 30.8 Å². The van der Waals surface area contributed by atoms with Crippen LogP contribution in [0.1, 0.15) is 11.5 Å². The summed E-state index contributed by atoms with van der Waals surface area (Å²) in [5, 5.41) is 4.22. The number of aromatic nitrogens is 2. The summed E-state index contributed by atoms with van der Waals surface area (Å²) in [4.78, 5) is 2.34. The van der Waals surface area contributed by atoms with Crippen LogP contribution in [0.3, 0.4) is 0 Å². The van der Waals surface area contributed by atoms with Crippen LogP contribution in [0.5, 0.6) is 0 Å². The molecule has 3 rings (SSSR count). The fraction of sp³-hybridized carbons (Fsp3) is 0.308. The molecule has 0 bridgehead atoms. The van der Waals surface area contributed by atoms with E-state index in [2.05, 4.69) is 41.3 Å². The lowest BCUT2D eigenvalue weighted by Crippen LogP contribution is -2.41. The quantitative estimate of drug-likeness (QED) is 0.759. The number of rotatable bonds is 2. The summed E-state index contributed by atoms with van der Waals surface area (Å²) in [7, 11) is 2.16. The number of nitrogens with zero attached hydrogens (tertiary/aromatic N) is 3. The van der Waals surface area contributed by atoms with Gasteiger partial charge in [-0.3, -0.25) is 0 Å². The highest BCUT2D eigenvalue weighted by atomic mass is 15.3. The average molecular weight is 213 g/mol. The number of likely N-dealkylation sites (N-methyl/N-ethyl adjacent to an activating group) is 1. The van der Waals surface area contributed by atoms with Gasteiger partial charge in [0.2, 0.25) is 0 Å². The Bertz CT molecular complexity index is 452. The Morgan fingerprint density at radius 3 is 2.50 bits per heavy atom. The molecule has 0 aliphatic carbocycles. The van der Waals surface area contributed by atoms with Gasteiger partial charge in [-0.2, -0.15) is 5.10 Å². The van der Waals surface area contributed by atoms with E-state index in [1.165, 1.54) is 18.7 Å². The monoisotopic (exact) mass is 213 g/mol. The molecule has 2 aromatic rings. The summed E-state index contributed by atoms with van der Waals surface area (Å²) in [5.41, 5.74) is 2.57. The van der Waals surface area contributed by atoms with Crippen molar-refractivity contribution in [1.82, 2.24) is 14.7 Å². The second kappa shape index (κ2) is 3.76. The molecular formula is C13H15N3. The van der Waals surface area contributed by atoms with Crippen LogP contribution in [0.2, 0.25) is 0 Å². The summed E-state index contributed by atoms with van der Waals surface area (Å²) in [6, 6.07) is 10.7. The highest BCUT2D eigenvalue weighted by Crippen LogP contribution is 2.25. The third-order valence-corrected chi connectivity index (χ3v) is 3.20. The third kappa shape index (κ3) is 1.63. The SMILES string of the molecule is CN1CC(c2ccc(-n3cccn3)cc2)C1. The van der Waals surface area contributed by atoms with E-state index < -0.39 is 0 Å². The van der Waals surface area contributed by atoms with E-state index in [0.717, 1.165) is 11.6 Å². The Morgan fingerprint density at radius 1 is 1.19 bits per heavy atom. The molecule has 1 aliphatic rings. The van der Waals surface area contributed by atoms with Crippen molar-refractivity contribution in [3.05, 3.63) is 48.3 Å². The van der Waals surface area contributed by atoms with Crippen molar-refractivity contribution in [1.29, 1.82) is 0 Å². The number of hydrogen-bond donors (Lipinski definition) is 0. The molecule has 0 radical (unpaired) electrons. The van der Waals surface area contributed by atoms with Crippen LogP contribution in [0.25, 0.3) is 5.69 Å². The summed E-state index contributed by atoms with van der Waals surface area (Å²) >= 11 is 0. The van der Waals surface area contributed by atoms with Crippen LogP contribution in [0.4, 0.5) is 0 Å². The second-order valence-electron chi connectivity index (χ2n) is 4.46. The Balaban J connectivity index is 1.80. The zero-order chi connectivity index (χ0) is 11.0. The fourth-order valence-corrected chi connectivity index (χ4v) is 2.23. The van der Waals surface area contributed by atoms with Crippen molar-refractivity contribution in [3.63, 3.8) is 0 Å². The zero-order valence-corrected chi connectivity index (χ0v) is 9.37. The average Bonchev–Trinajstić information content (AvgIpc) is 2.79. The topological polar surface area (TPSA) is 21.1 Å². The molecule has 0 saturated carbocycles. The minimum absolute atomic E-state index is 0.719. The van der Waals surface area contributed by atoms with E-state index in [1.54, 1.807) is 6.20 Å². The first-order chi connectivity index (χ1) is 7.83. The van der Waals surface area contributed by atoms with Gasteiger partial charge in [0.25, 0.3) is 0 Å². The van der Waals surface area contributed by atoms with Crippen LogP contribution in [0, 0.1) is 0 Å². The summed E-state index contributed by atoms with van der Waals surface area (Å²) in [5.74, 6) is 0.719. The van der Waals surface area contributed by atoms with Gasteiger partial charge in [0.05, 0.1) is 5.69 Å². The molecule has 16 heavy (non-hydrogen) atoms. The minimum Gasteiger partial charge on any atom is -0.305 e. The van der Waals surface area contributed by atoms with Crippen molar-refractivity contribution >= 4 is 0 Å². The lowest BCUT2D eigenvalue weighted by molar-refractivity contribution is 0.190. The molecule has 0 atom stereocenters. The second-order valence-corrected chi connectivity index (χ2v) is 4.46. The maximum atomic E-state index is 4.22. The van der Waals surface area contributed by atoms with Crippen LogP contribution < -0.4 is 0 Å². The van der Waals surface area contributed by atoms with Gasteiger partial charge < -0.3 is 4.90 Å². The predicted octanol–water partition coefficient (Wildman–Crippen LogP) is 1.90. The lowest BCUT2D eigenvalue weighted by Gasteiger charge is -2.36. The molecule has 2 heterocycles.